The summed E-state index contributed by atoms with van der Waals surface area (Å²) in [5, 5.41) is 6.63. The summed E-state index contributed by atoms with van der Waals surface area (Å²) in [6.07, 6.45) is 0. The topological polar surface area (TPSA) is 64.4 Å². The van der Waals surface area contributed by atoms with Crippen LogP contribution in [0.4, 0.5) is 8.78 Å². The van der Waals surface area contributed by atoms with Gasteiger partial charge in [-0.25, -0.2) is 8.78 Å². The number of carbonyl (C=O) groups excluding carboxylic acids is 1. The summed E-state index contributed by atoms with van der Waals surface area (Å²) < 4.78 is 37.2. The summed E-state index contributed by atoms with van der Waals surface area (Å²) in [5.74, 6) is -1.69. The zero-order chi connectivity index (χ0) is 19.4. The molecule has 0 aliphatic heterocycles. The molecule has 0 saturated carbocycles. The number of hydrogen-bond acceptors (Lipinski definition) is 4. The van der Waals surface area contributed by atoms with E-state index in [0.29, 0.717) is 11.3 Å². The first kappa shape index (κ1) is 18.6. The van der Waals surface area contributed by atoms with Crippen molar-refractivity contribution in [3.63, 3.8) is 0 Å². The van der Waals surface area contributed by atoms with Crippen molar-refractivity contribution in [2.45, 2.75) is 26.5 Å². The van der Waals surface area contributed by atoms with Crippen molar-refractivity contribution < 1.29 is 22.8 Å². The Morgan fingerprint density at radius 3 is 2.67 bits per heavy atom. The summed E-state index contributed by atoms with van der Waals surface area (Å²) in [5.41, 5.74) is 1.41. The van der Waals surface area contributed by atoms with E-state index in [4.69, 9.17) is 9.26 Å². The number of nitrogens with zero attached hydrogens (tertiary/aromatic N) is 1. The second-order valence-electron chi connectivity index (χ2n) is 6.04. The summed E-state index contributed by atoms with van der Waals surface area (Å²) in [6, 6.07) is 12.2. The van der Waals surface area contributed by atoms with Gasteiger partial charge >= 0.3 is 0 Å². The minimum atomic E-state index is -0.826. The molecule has 1 amide bonds. The Labute approximate surface area is 154 Å². The van der Waals surface area contributed by atoms with Gasteiger partial charge < -0.3 is 14.6 Å². The Hall–Kier alpha value is -3.22. The maximum Gasteiger partial charge on any atom is 0.274 e. The lowest BCUT2D eigenvalue weighted by atomic mass is 10.1. The number of ether oxygens (including phenoxy) is 1. The van der Waals surface area contributed by atoms with Gasteiger partial charge in [-0.3, -0.25) is 4.79 Å². The standard InChI is InChI=1S/C20H18F2N2O3/c1-12(14-6-4-3-5-7-14)23-20(25)19-16(13(2)27-24-19)11-26-18-9-8-15(21)10-17(18)22/h3-10,12H,11H2,1-2H3,(H,23,25). The lowest BCUT2D eigenvalue weighted by Crippen LogP contribution is -2.28. The molecule has 3 rings (SSSR count). The van der Waals surface area contributed by atoms with Crippen molar-refractivity contribution >= 4 is 5.91 Å². The van der Waals surface area contributed by atoms with Gasteiger partial charge in [-0.1, -0.05) is 35.5 Å². The third-order valence-corrected chi connectivity index (χ3v) is 4.11. The summed E-state index contributed by atoms with van der Waals surface area (Å²) in [6.45, 7) is 3.34. The number of amides is 1. The number of nitrogens with one attached hydrogen (secondary N) is 1. The molecule has 1 N–H and O–H groups in total. The maximum atomic E-state index is 13.7. The van der Waals surface area contributed by atoms with Crippen molar-refractivity contribution in [3.8, 4) is 5.75 Å². The van der Waals surface area contributed by atoms with Crippen molar-refractivity contribution in [2.24, 2.45) is 0 Å². The average molecular weight is 372 g/mol. The normalized spacial score (nSPS) is 11.9. The van der Waals surface area contributed by atoms with E-state index in [1.165, 1.54) is 6.07 Å². The molecule has 2 aromatic carbocycles. The molecular formula is C20H18F2N2O3. The largest absolute Gasteiger partial charge is 0.486 e. The Bertz CT molecular complexity index is 942. The van der Waals surface area contributed by atoms with Crippen LogP contribution in [0, 0.1) is 18.6 Å². The maximum absolute atomic E-state index is 13.7. The first-order valence-corrected chi connectivity index (χ1v) is 8.34. The van der Waals surface area contributed by atoms with Crippen LogP contribution in [0.1, 0.15) is 40.3 Å². The molecule has 0 aliphatic rings. The number of benzene rings is 2. The molecule has 0 fully saturated rings. The highest BCUT2D eigenvalue weighted by Gasteiger charge is 2.22. The fourth-order valence-corrected chi connectivity index (χ4v) is 2.57. The first-order valence-electron chi connectivity index (χ1n) is 8.34. The smallest absolute Gasteiger partial charge is 0.274 e. The van der Waals surface area contributed by atoms with E-state index in [9.17, 15) is 13.6 Å². The predicted octanol–water partition coefficient (Wildman–Crippen LogP) is 4.33. The molecular weight excluding hydrogens is 354 g/mol. The van der Waals surface area contributed by atoms with Crippen LogP contribution in [0.2, 0.25) is 0 Å². The van der Waals surface area contributed by atoms with Crippen LogP contribution in [-0.4, -0.2) is 11.1 Å². The molecule has 1 aromatic heterocycles. The number of aryl methyl sites for hydroxylation is 1. The first-order chi connectivity index (χ1) is 13.0. The molecule has 140 valence electrons. The number of hydrogen-bond donors (Lipinski definition) is 1. The molecule has 3 aromatic rings. The van der Waals surface area contributed by atoms with Gasteiger partial charge in [0.05, 0.1) is 11.6 Å². The van der Waals surface area contributed by atoms with E-state index in [2.05, 4.69) is 10.5 Å². The van der Waals surface area contributed by atoms with Crippen molar-refractivity contribution in [3.05, 3.63) is 82.7 Å². The highest BCUT2D eigenvalue weighted by Crippen LogP contribution is 2.22. The fourth-order valence-electron chi connectivity index (χ4n) is 2.57. The van der Waals surface area contributed by atoms with Crippen LogP contribution in [0.5, 0.6) is 5.75 Å². The molecule has 1 heterocycles. The molecule has 0 aliphatic carbocycles. The summed E-state index contributed by atoms with van der Waals surface area (Å²) in [7, 11) is 0. The molecule has 5 nitrogen and oxygen atoms in total. The number of halogens is 2. The lowest BCUT2D eigenvalue weighted by molar-refractivity contribution is 0.0928. The molecule has 7 heteroatoms. The number of carbonyl (C=O) groups is 1. The second-order valence-corrected chi connectivity index (χ2v) is 6.04. The van der Waals surface area contributed by atoms with Crippen LogP contribution in [0.25, 0.3) is 0 Å². The molecule has 1 atom stereocenters. The van der Waals surface area contributed by atoms with Crippen LogP contribution in [0.15, 0.2) is 53.1 Å². The molecule has 0 bridgehead atoms. The average Bonchev–Trinajstić information content (AvgIpc) is 3.02. The molecule has 0 radical (unpaired) electrons. The minimum Gasteiger partial charge on any atom is -0.486 e. The molecule has 1 unspecified atom stereocenters. The number of rotatable bonds is 6. The van der Waals surface area contributed by atoms with Crippen LogP contribution in [0.3, 0.4) is 0 Å². The van der Waals surface area contributed by atoms with Gasteiger partial charge in [0.2, 0.25) is 0 Å². The van der Waals surface area contributed by atoms with E-state index in [-0.39, 0.29) is 24.1 Å². The van der Waals surface area contributed by atoms with Gasteiger partial charge in [0.25, 0.3) is 5.91 Å². The van der Waals surface area contributed by atoms with Crippen molar-refractivity contribution in [2.75, 3.05) is 0 Å². The predicted molar refractivity (Wildman–Crippen MR) is 94.3 cm³/mol. The monoisotopic (exact) mass is 372 g/mol. The third-order valence-electron chi connectivity index (χ3n) is 4.11. The van der Waals surface area contributed by atoms with Crippen LogP contribution in [-0.2, 0) is 6.61 Å². The van der Waals surface area contributed by atoms with Gasteiger partial charge in [0, 0.05) is 6.07 Å². The Morgan fingerprint density at radius 1 is 1.22 bits per heavy atom. The minimum absolute atomic E-state index is 0.0674. The van der Waals surface area contributed by atoms with E-state index in [1.807, 2.05) is 37.3 Å². The second kappa shape index (κ2) is 7.99. The van der Waals surface area contributed by atoms with E-state index >= 15 is 0 Å². The molecule has 27 heavy (non-hydrogen) atoms. The highest BCUT2D eigenvalue weighted by molar-refractivity contribution is 5.94. The van der Waals surface area contributed by atoms with E-state index < -0.39 is 17.5 Å². The van der Waals surface area contributed by atoms with Gasteiger partial charge in [0.15, 0.2) is 17.3 Å². The van der Waals surface area contributed by atoms with Gasteiger partial charge in [-0.15, -0.1) is 0 Å². The fraction of sp³-hybridized carbons (Fsp3) is 0.200. The highest BCUT2D eigenvalue weighted by atomic mass is 19.1. The Morgan fingerprint density at radius 2 is 1.96 bits per heavy atom. The molecule has 0 saturated heterocycles. The summed E-state index contributed by atoms with van der Waals surface area (Å²) >= 11 is 0. The van der Waals surface area contributed by atoms with Gasteiger partial charge in [-0.2, -0.15) is 0 Å². The van der Waals surface area contributed by atoms with Crippen molar-refractivity contribution in [1.82, 2.24) is 10.5 Å². The van der Waals surface area contributed by atoms with Crippen molar-refractivity contribution in [1.29, 1.82) is 0 Å². The zero-order valence-corrected chi connectivity index (χ0v) is 14.8. The van der Waals surface area contributed by atoms with Crippen LogP contribution >= 0.6 is 0 Å². The number of aromatic nitrogens is 1. The van der Waals surface area contributed by atoms with Crippen LogP contribution < -0.4 is 10.1 Å². The van der Waals surface area contributed by atoms with Gasteiger partial charge in [-0.05, 0) is 31.5 Å². The zero-order valence-electron chi connectivity index (χ0n) is 14.8. The third kappa shape index (κ3) is 4.31. The quantitative estimate of drug-likeness (QED) is 0.699. The van der Waals surface area contributed by atoms with E-state index in [1.54, 1.807) is 6.92 Å². The SMILES string of the molecule is Cc1onc(C(=O)NC(C)c2ccccc2)c1COc1ccc(F)cc1F. The Balaban J connectivity index is 1.73. The van der Waals surface area contributed by atoms with Gasteiger partial charge in [0.1, 0.15) is 18.2 Å². The Kier molecular flexibility index (Phi) is 5.49. The molecule has 0 spiro atoms. The summed E-state index contributed by atoms with van der Waals surface area (Å²) in [4.78, 5) is 12.6. The lowest BCUT2D eigenvalue weighted by Gasteiger charge is -2.14. The van der Waals surface area contributed by atoms with E-state index in [0.717, 1.165) is 17.7 Å².